The highest BCUT2D eigenvalue weighted by Crippen LogP contribution is 2.49. The Hall–Kier alpha value is -2.42. The van der Waals surface area contributed by atoms with Crippen molar-refractivity contribution in [2.75, 3.05) is 36.8 Å². The minimum atomic E-state index is -4.39. The maximum Gasteiger partial charge on any atom is 0.416 e. The number of anilines is 2. The molecule has 0 spiro atoms. The number of likely N-dealkylation sites (tertiary alicyclic amines) is 1. The van der Waals surface area contributed by atoms with Gasteiger partial charge in [-0.15, -0.1) is 11.8 Å². The molecule has 0 radical (unpaired) electrons. The van der Waals surface area contributed by atoms with Crippen molar-refractivity contribution >= 4 is 40.7 Å². The highest BCUT2D eigenvalue weighted by Gasteiger charge is 2.31. The number of para-hydroxylation sites is 1. The van der Waals surface area contributed by atoms with Gasteiger partial charge in [0.15, 0.2) is 5.78 Å². The highest BCUT2D eigenvalue weighted by molar-refractivity contribution is 8.00. The third kappa shape index (κ3) is 5.86. The van der Waals surface area contributed by atoms with Crippen LogP contribution < -0.4 is 4.90 Å². The average Bonchev–Trinajstić information content (AvgIpc) is 2.91. The zero-order valence-corrected chi connectivity index (χ0v) is 22.3. The summed E-state index contributed by atoms with van der Waals surface area (Å²) >= 11 is 3.66. The van der Waals surface area contributed by atoms with Crippen molar-refractivity contribution < 1.29 is 18.0 Å². The van der Waals surface area contributed by atoms with Crippen LogP contribution in [0.3, 0.4) is 0 Å². The van der Waals surface area contributed by atoms with E-state index in [1.54, 1.807) is 0 Å². The van der Waals surface area contributed by atoms with Gasteiger partial charge < -0.3 is 9.80 Å². The summed E-state index contributed by atoms with van der Waals surface area (Å²) in [5.74, 6) is 0.836. The van der Waals surface area contributed by atoms with Crippen LogP contribution >= 0.6 is 23.5 Å². The van der Waals surface area contributed by atoms with E-state index in [1.165, 1.54) is 38.2 Å². The second-order valence-electron chi connectivity index (χ2n) is 9.34. The molecule has 0 saturated carbocycles. The number of alkyl halides is 3. The van der Waals surface area contributed by atoms with Crippen molar-refractivity contribution in [2.45, 2.75) is 40.6 Å². The Morgan fingerprint density at radius 1 is 0.946 bits per heavy atom. The quantitative estimate of drug-likeness (QED) is 0.222. The highest BCUT2D eigenvalue weighted by atomic mass is 32.2. The standard InChI is InChI=1S/C29H29F3N2OS2/c1-2-36-23-11-12-27-25(19-23)34(24-5-3-4-6-26(24)37-27)18-17-33-15-13-21(14-16-33)28(35)20-7-9-22(10-8-20)29(30,31)32/h3-12,19,21H,2,13-18H2,1H3. The monoisotopic (exact) mass is 542 g/mol. The molecule has 1 fully saturated rings. The predicted molar refractivity (Wildman–Crippen MR) is 145 cm³/mol. The number of hydrogen-bond donors (Lipinski definition) is 0. The molecule has 0 bridgehead atoms. The molecule has 2 aliphatic heterocycles. The first-order valence-corrected chi connectivity index (χ1v) is 14.4. The van der Waals surface area contributed by atoms with Gasteiger partial charge in [0, 0.05) is 39.3 Å². The predicted octanol–water partition coefficient (Wildman–Crippen LogP) is 8.02. The van der Waals surface area contributed by atoms with Gasteiger partial charge in [-0.05, 0) is 74.1 Å². The van der Waals surface area contributed by atoms with E-state index in [4.69, 9.17) is 0 Å². The van der Waals surface area contributed by atoms with Gasteiger partial charge in [-0.25, -0.2) is 0 Å². The second-order valence-corrected chi connectivity index (χ2v) is 11.8. The third-order valence-corrected chi connectivity index (χ3v) is 9.01. The van der Waals surface area contributed by atoms with Crippen molar-refractivity contribution in [3.63, 3.8) is 0 Å². The fourth-order valence-electron chi connectivity index (χ4n) is 5.03. The molecular weight excluding hydrogens is 513 g/mol. The fourth-order valence-corrected chi connectivity index (χ4v) is 6.79. The molecule has 194 valence electrons. The zero-order valence-electron chi connectivity index (χ0n) is 20.6. The first-order chi connectivity index (χ1) is 17.8. The molecular formula is C29H29F3N2OS2. The van der Waals surface area contributed by atoms with E-state index in [-0.39, 0.29) is 11.7 Å². The molecule has 1 saturated heterocycles. The van der Waals surface area contributed by atoms with Gasteiger partial charge >= 0.3 is 6.18 Å². The van der Waals surface area contributed by atoms with Gasteiger partial charge in [0.1, 0.15) is 0 Å². The molecule has 2 heterocycles. The van der Waals surface area contributed by atoms with Crippen molar-refractivity contribution in [1.29, 1.82) is 0 Å². The van der Waals surface area contributed by atoms with Gasteiger partial charge in [0.2, 0.25) is 0 Å². The number of halogens is 3. The summed E-state index contributed by atoms with van der Waals surface area (Å²) in [7, 11) is 0. The molecule has 3 aromatic carbocycles. The SMILES string of the molecule is CCSc1ccc2c(c1)N(CCN1CCC(C(=O)c3ccc(C(F)(F)F)cc3)CC1)c1ccccc1S2. The molecule has 0 amide bonds. The lowest BCUT2D eigenvalue weighted by Gasteiger charge is -2.36. The number of thioether (sulfide) groups is 1. The van der Waals surface area contributed by atoms with E-state index in [2.05, 4.69) is 59.2 Å². The summed E-state index contributed by atoms with van der Waals surface area (Å²) in [6, 6.07) is 19.8. The summed E-state index contributed by atoms with van der Waals surface area (Å²) in [6.45, 7) is 5.50. The van der Waals surface area contributed by atoms with E-state index >= 15 is 0 Å². The number of carbonyl (C=O) groups is 1. The van der Waals surface area contributed by atoms with E-state index in [0.717, 1.165) is 56.9 Å². The number of carbonyl (C=O) groups excluding carboxylic acids is 1. The van der Waals surface area contributed by atoms with E-state index in [9.17, 15) is 18.0 Å². The van der Waals surface area contributed by atoms with Crippen molar-refractivity contribution in [3.8, 4) is 0 Å². The van der Waals surface area contributed by atoms with Crippen molar-refractivity contribution in [3.05, 3.63) is 77.9 Å². The summed E-state index contributed by atoms with van der Waals surface area (Å²) in [4.78, 5) is 21.5. The Kier molecular flexibility index (Phi) is 7.88. The minimum Gasteiger partial charge on any atom is -0.338 e. The van der Waals surface area contributed by atoms with Crippen LogP contribution in [0.25, 0.3) is 0 Å². The van der Waals surface area contributed by atoms with Gasteiger partial charge in [0.05, 0.1) is 16.9 Å². The Morgan fingerprint density at radius 2 is 1.65 bits per heavy atom. The molecule has 0 unspecified atom stereocenters. The normalized spacial score (nSPS) is 16.4. The molecule has 5 rings (SSSR count). The lowest BCUT2D eigenvalue weighted by atomic mass is 9.88. The Labute approximate surface area is 224 Å². The molecule has 37 heavy (non-hydrogen) atoms. The number of rotatable bonds is 7. The van der Waals surface area contributed by atoms with Crippen LogP contribution in [0.5, 0.6) is 0 Å². The van der Waals surface area contributed by atoms with Crippen LogP contribution in [0, 0.1) is 5.92 Å². The molecule has 3 aromatic rings. The number of fused-ring (bicyclic) bond motifs is 2. The van der Waals surface area contributed by atoms with Crippen LogP contribution in [0.1, 0.15) is 35.7 Å². The number of hydrogen-bond acceptors (Lipinski definition) is 5. The largest absolute Gasteiger partial charge is 0.416 e. The third-order valence-electron chi connectivity index (χ3n) is 7.00. The topological polar surface area (TPSA) is 23.6 Å². The maximum atomic E-state index is 12.9. The molecule has 0 aromatic heterocycles. The summed E-state index contributed by atoms with van der Waals surface area (Å²) in [5, 5.41) is 0. The van der Waals surface area contributed by atoms with E-state index in [0.29, 0.717) is 5.56 Å². The number of Topliss-reactive ketones (excluding diaryl/α,β-unsaturated/α-hetero) is 1. The molecule has 0 aliphatic carbocycles. The smallest absolute Gasteiger partial charge is 0.338 e. The van der Waals surface area contributed by atoms with Crippen LogP contribution in [-0.4, -0.2) is 42.6 Å². The number of nitrogens with zero attached hydrogens (tertiary/aromatic N) is 2. The van der Waals surface area contributed by atoms with Crippen LogP contribution in [0.2, 0.25) is 0 Å². The first kappa shape index (κ1) is 26.2. The minimum absolute atomic E-state index is 0.0507. The lowest BCUT2D eigenvalue weighted by Crippen LogP contribution is -2.40. The maximum absolute atomic E-state index is 12.9. The van der Waals surface area contributed by atoms with Gasteiger partial charge in [-0.1, -0.05) is 43.0 Å². The Balaban J connectivity index is 1.22. The van der Waals surface area contributed by atoms with Crippen molar-refractivity contribution in [1.82, 2.24) is 4.90 Å². The van der Waals surface area contributed by atoms with Crippen LogP contribution in [-0.2, 0) is 6.18 Å². The lowest BCUT2D eigenvalue weighted by molar-refractivity contribution is -0.137. The van der Waals surface area contributed by atoms with E-state index < -0.39 is 11.7 Å². The average molecular weight is 543 g/mol. The Morgan fingerprint density at radius 3 is 2.35 bits per heavy atom. The molecule has 2 aliphatic rings. The van der Waals surface area contributed by atoms with Crippen LogP contribution in [0.15, 0.2) is 81.4 Å². The zero-order chi connectivity index (χ0) is 26.0. The summed E-state index contributed by atoms with van der Waals surface area (Å²) in [6.07, 6.45) is -2.95. The molecule has 3 nitrogen and oxygen atoms in total. The Bertz CT molecular complexity index is 1250. The van der Waals surface area contributed by atoms with E-state index in [1.807, 2.05) is 23.5 Å². The molecule has 0 atom stereocenters. The van der Waals surface area contributed by atoms with Crippen LogP contribution in [0.4, 0.5) is 24.5 Å². The second kappa shape index (κ2) is 11.1. The van der Waals surface area contributed by atoms with Crippen molar-refractivity contribution in [2.24, 2.45) is 5.92 Å². The summed E-state index contributed by atoms with van der Waals surface area (Å²) < 4.78 is 38.5. The number of ketones is 1. The molecule has 8 heteroatoms. The van der Waals surface area contributed by atoms with Gasteiger partial charge in [-0.3, -0.25) is 4.79 Å². The number of piperidine rings is 1. The molecule has 0 N–H and O–H groups in total. The van der Waals surface area contributed by atoms with Gasteiger partial charge in [-0.2, -0.15) is 13.2 Å². The summed E-state index contributed by atoms with van der Waals surface area (Å²) in [5.41, 5.74) is 2.12. The fraction of sp³-hybridized carbons (Fsp3) is 0.345. The first-order valence-electron chi connectivity index (χ1n) is 12.6. The number of benzene rings is 3. The van der Waals surface area contributed by atoms with Gasteiger partial charge in [0.25, 0.3) is 0 Å².